The summed E-state index contributed by atoms with van der Waals surface area (Å²) in [5.74, 6) is 1.46. The smallest absolute Gasteiger partial charge is 0.131 e. The summed E-state index contributed by atoms with van der Waals surface area (Å²) in [6, 6.07) is 8.23. The largest absolute Gasteiger partial charge is 0.487 e. The summed E-state index contributed by atoms with van der Waals surface area (Å²) in [5.41, 5.74) is 7.77. The zero-order chi connectivity index (χ0) is 13.7. The number of para-hydroxylation sites is 1. The van der Waals surface area contributed by atoms with Gasteiger partial charge in [0.1, 0.15) is 17.4 Å². The first-order valence-corrected chi connectivity index (χ1v) is 7.47. The van der Waals surface area contributed by atoms with Gasteiger partial charge < -0.3 is 10.5 Å². The molecular formula is C15H20N2OS. The Bertz CT molecular complexity index is 524. The zero-order valence-corrected chi connectivity index (χ0v) is 12.2. The number of thiazole rings is 1. The summed E-state index contributed by atoms with van der Waals surface area (Å²) in [7, 11) is 0. The van der Waals surface area contributed by atoms with E-state index in [0.29, 0.717) is 19.1 Å². The van der Waals surface area contributed by atoms with Crippen molar-refractivity contribution in [1.29, 1.82) is 0 Å². The second-order valence-electron chi connectivity index (χ2n) is 4.57. The minimum atomic E-state index is 0.494. The lowest BCUT2D eigenvalue weighted by atomic mass is 9.98. The van der Waals surface area contributed by atoms with Gasteiger partial charge in [0.2, 0.25) is 0 Å². The topological polar surface area (TPSA) is 48.1 Å². The van der Waals surface area contributed by atoms with Crippen LogP contribution < -0.4 is 10.5 Å². The Morgan fingerprint density at radius 3 is 2.84 bits per heavy atom. The quantitative estimate of drug-likeness (QED) is 0.875. The number of rotatable bonds is 6. The molecule has 4 heteroatoms. The van der Waals surface area contributed by atoms with Crippen LogP contribution in [-0.4, -0.2) is 4.98 Å². The second-order valence-corrected chi connectivity index (χ2v) is 5.52. The van der Waals surface area contributed by atoms with Crippen LogP contribution in [0.5, 0.6) is 5.75 Å². The average molecular weight is 276 g/mol. The molecule has 1 atom stereocenters. The minimum absolute atomic E-state index is 0.494. The summed E-state index contributed by atoms with van der Waals surface area (Å²) >= 11 is 1.58. The molecule has 1 heterocycles. The number of aromatic nitrogens is 1. The van der Waals surface area contributed by atoms with E-state index < -0.39 is 0 Å². The highest BCUT2D eigenvalue weighted by molar-refractivity contribution is 7.09. The van der Waals surface area contributed by atoms with Crippen molar-refractivity contribution in [1.82, 2.24) is 4.98 Å². The fourth-order valence-electron chi connectivity index (χ4n) is 1.90. The van der Waals surface area contributed by atoms with Gasteiger partial charge in [0.15, 0.2) is 0 Å². The molecule has 0 aliphatic heterocycles. The predicted molar refractivity (Wildman–Crippen MR) is 79.5 cm³/mol. The molecule has 0 amide bonds. The van der Waals surface area contributed by atoms with Crippen molar-refractivity contribution >= 4 is 11.3 Å². The molecule has 0 aliphatic carbocycles. The zero-order valence-electron chi connectivity index (χ0n) is 11.4. The summed E-state index contributed by atoms with van der Waals surface area (Å²) in [4.78, 5) is 4.41. The van der Waals surface area contributed by atoms with Gasteiger partial charge in [-0.2, -0.15) is 0 Å². The molecular weight excluding hydrogens is 256 g/mol. The van der Waals surface area contributed by atoms with Crippen LogP contribution in [-0.2, 0) is 13.2 Å². The molecule has 102 valence electrons. The highest BCUT2D eigenvalue weighted by Gasteiger charge is 2.10. The van der Waals surface area contributed by atoms with Gasteiger partial charge in [-0.1, -0.05) is 32.0 Å². The molecule has 1 aromatic carbocycles. The third kappa shape index (κ3) is 3.55. The molecule has 2 rings (SSSR count). The van der Waals surface area contributed by atoms with E-state index in [9.17, 15) is 0 Å². The number of nitrogens with two attached hydrogens (primary N) is 1. The van der Waals surface area contributed by atoms with Crippen molar-refractivity contribution in [3.8, 4) is 5.75 Å². The van der Waals surface area contributed by atoms with Crippen molar-refractivity contribution in [2.24, 2.45) is 5.73 Å². The maximum absolute atomic E-state index is 5.91. The molecule has 3 nitrogen and oxygen atoms in total. The van der Waals surface area contributed by atoms with E-state index in [1.807, 2.05) is 17.5 Å². The highest BCUT2D eigenvalue weighted by Crippen LogP contribution is 2.29. The standard InChI is InChI=1S/C15H20N2OS/c1-3-11(2)13-6-4-5-7-14(13)18-9-12-10-19-15(8-16)17-12/h4-7,10-11H,3,8-9,16H2,1-2H3. The molecule has 0 saturated heterocycles. The summed E-state index contributed by atoms with van der Waals surface area (Å²) in [6.07, 6.45) is 1.11. The SMILES string of the molecule is CCC(C)c1ccccc1OCc1csc(CN)n1. The number of ether oxygens (including phenoxy) is 1. The predicted octanol–water partition coefficient (Wildman–Crippen LogP) is 3.69. The summed E-state index contributed by atoms with van der Waals surface area (Å²) in [5, 5.41) is 2.96. The van der Waals surface area contributed by atoms with Crippen LogP contribution in [0.15, 0.2) is 29.6 Å². The van der Waals surface area contributed by atoms with E-state index >= 15 is 0 Å². The van der Waals surface area contributed by atoms with Crippen molar-refractivity contribution in [2.45, 2.75) is 39.3 Å². The van der Waals surface area contributed by atoms with Gasteiger partial charge in [0.05, 0.1) is 5.69 Å². The molecule has 0 radical (unpaired) electrons. The maximum atomic E-state index is 5.91. The Morgan fingerprint density at radius 1 is 1.37 bits per heavy atom. The molecule has 19 heavy (non-hydrogen) atoms. The van der Waals surface area contributed by atoms with Crippen molar-refractivity contribution in [3.63, 3.8) is 0 Å². The van der Waals surface area contributed by atoms with Crippen molar-refractivity contribution < 1.29 is 4.74 Å². The molecule has 0 saturated carbocycles. The first kappa shape index (κ1) is 14.0. The Kier molecular flexibility index (Phi) is 4.93. The Morgan fingerprint density at radius 2 is 2.16 bits per heavy atom. The van der Waals surface area contributed by atoms with Gasteiger partial charge in [0.25, 0.3) is 0 Å². The fraction of sp³-hybridized carbons (Fsp3) is 0.400. The molecule has 2 N–H and O–H groups in total. The molecule has 0 bridgehead atoms. The van der Waals surface area contributed by atoms with Crippen LogP contribution in [0.3, 0.4) is 0 Å². The van der Waals surface area contributed by atoms with Crippen molar-refractivity contribution in [2.75, 3.05) is 0 Å². The van der Waals surface area contributed by atoms with Crippen LogP contribution in [0.2, 0.25) is 0 Å². The van der Waals surface area contributed by atoms with Crippen LogP contribution >= 0.6 is 11.3 Å². The van der Waals surface area contributed by atoms with Gasteiger partial charge in [-0.25, -0.2) is 4.98 Å². The lowest BCUT2D eigenvalue weighted by Gasteiger charge is -2.15. The van der Waals surface area contributed by atoms with Gasteiger partial charge in [-0.15, -0.1) is 11.3 Å². The average Bonchev–Trinajstić information content (AvgIpc) is 2.92. The monoisotopic (exact) mass is 276 g/mol. The third-order valence-corrected chi connectivity index (χ3v) is 4.13. The lowest BCUT2D eigenvalue weighted by Crippen LogP contribution is -2.02. The molecule has 0 fully saturated rings. The van der Waals surface area contributed by atoms with Crippen LogP contribution in [0.25, 0.3) is 0 Å². The molecule has 0 spiro atoms. The van der Waals surface area contributed by atoms with E-state index in [1.165, 1.54) is 5.56 Å². The first-order valence-electron chi connectivity index (χ1n) is 6.59. The van der Waals surface area contributed by atoms with Gasteiger partial charge in [-0.3, -0.25) is 0 Å². The maximum Gasteiger partial charge on any atom is 0.131 e. The molecule has 2 aromatic rings. The minimum Gasteiger partial charge on any atom is -0.487 e. The summed E-state index contributed by atoms with van der Waals surface area (Å²) in [6.45, 7) is 5.41. The Hall–Kier alpha value is -1.39. The Balaban J connectivity index is 2.06. The van der Waals surface area contributed by atoms with Crippen molar-refractivity contribution in [3.05, 3.63) is 45.9 Å². The van der Waals surface area contributed by atoms with E-state index in [4.69, 9.17) is 10.5 Å². The molecule has 0 aliphatic rings. The van der Waals surface area contributed by atoms with Gasteiger partial charge in [-0.05, 0) is 24.0 Å². The number of hydrogen-bond acceptors (Lipinski definition) is 4. The lowest BCUT2D eigenvalue weighted by molar-refractivity contribution is 0.297. The molecule has 1 unspecified atom stereocenters. The molecule has 1 aromatic heterocycles. The van der Waals surface area contributed by atoms with E-state index in [0.717, 1.165) is 22.9 Å². The van der Waals surface area contributed by atoms with E-state index in [-0.39, 0.29) is 0 Å². The number of nitrogens with zero attached hydrogens (tertiary/aromatic N) is 1. The number of benzene rings is 1. The highest BCUT2D eigenvalue weighted by atomic mass is 32.1. The van der Waals surface area contributed by atoms with Crippen LogP contribution in [0, 0.1) is 0 Å². The Labute approximate surface area is 118 Å². The second kappa shape index (κ2) is 6.68. The van der Waals surface area contributed by atoms with Gasteiger partial charge >= 0.3 is 0 Å². The first-order chi connectivity index (χ1) is 9.24. The number of hydrogen-bond donors (Lipinski definition) is 1. The van der Waals surface area contributed by atoms with E-state index in [2.05, 4.69) is 31.0 Å². The van der Waals surface area contributed by atoms with Crippen LogP contribution in [0.4, 0.5) is 0 Å². The van der Waals surface area contributed by atoms with Crippen LogP contribution in [0.1, 0.15) is 42.5 Å². The van der Waals surface area contributed by atoms with E-state index in [1.54, 1.807) is 11.3 Å². The fourth-order valence-corrected chi connectivity index (χ4v) is 2.56. The summed E-state index contributed by atoms with van der Waals surface area (Å²) < 4.78 is 5.91. The normalized spacial score (nSPS) is 12.4. The van der Waals surface area contributed by atoms with Gasteiger partial charge in [0, 0.05) is 11.9 Å². The third-order valence-electron chi connectivity index (χ3n) is 3.21.